The van der Waals surface area contributed by atoms with Crippen LogP contribution in [0.3, 0.4) is 0 Å². The fraction of sp³-hybridized carbons (Fsp3) is 0.235. The Bertz CT molecular complexity index is 686. The van der Waals surface area contributed by atoms with Crippen LogP contribution in [0.25, 0.3) is 0 Å². The molecule has 2 aromatic carbocycles. The largest absolute Gasteiger partial charge is 0.334 e. The number of benzene rings is 2. The van der Waals surface area contributed by atoms with E-state index < -0.39 is 0 Å². The standard InChI is InChI=1S/C17H15BrFNO/c18-14-8-7-13(16(19)10-14)11-20-9-3-5-12-4-1-2-6-15(12)17(20)21/h1-2,4,6-8,10H,3,5,9,11H2. The second-order valence-corrected chi connectivity index (χ2v) is 6.14. The van der Waals surface area contributed by atoms with E-state index in [1.54, 1.807) is 17.0 Å². The third-order valence-electron chi connectivity index (χ3n) is 3.79. The highest BCUT2D eigenvalue weighted by Gasteiger charge is 2.22. The molecule has 0 saturated heterocycles. The molecule has 0 N–H and O–H groups in total. The van der Waals surface area contributed by atoms with Crippen molar-refractivity contribution in [3.63, 3.8) is 0 Å². The van der Waals surface area contributed by atoms with E-state index in [1.165, 1.54) is 6.07 Å². The number of hydrogen-bond acceptors (Lipinski definition) is 1. The van der Waals surface area contributed by atoms with Gasteiger partial charge in [-0.15, -0.1) is 0 Å². The lowest BCUT2D eigenvalue weighted by Crippen LogP contribution is -2.30. The van der Waals surface area contributed by atoms with E-state index in [0.29, 0.717) is 23.1 Å². The van der Waals surface area contributed by atoms with Gasteiger partial charge in [0, 0.05) is 28.7 Å². The molecule has 0 fully saturated rings. The van der Waals surface area contributed by atoms with Crippen molar-refractivity contribution in [3.05, 3.63) is 69.4 Å². The van der Waals surface area contributed by atoms with Crippen molar-refractivity contribution in [3.8, 4) is 0 Å². The Morgan fingerprint density at radius 3 is 2.81 bits per heavy atom. The quantitative estimate of drug-likeness (QED) is 0.798. The van der Waals surface area contributed by atoms with E-state index in [0.717, 1.165) is 24.0 Å². The van der Waals surface area contributed by atoms with Gasteiger partial charge < -0.3 is 4.90 Å². The number of hydrogen-bond donors (Lipinski definition) is 0. The van der Waals surface area contributed by atoms with Crippen molar-refractivity contribution in [1.29, 1.82) is 0 Å². The number of carbonyl (C=O) groups is 1. The Hall–Kier alpha value is -1.68. The highest BCUT2D eigenvalue weighted by molar-refractivity contribution is 9.10. The minimum Gasteiger partial charge on any atom is -0.334 e. The number of halogens is 2. The molecule has 0 aromatic heterocycles. The van der Waals surface area contributed by atoms with Gasteiger partial charge in [0.25, 0.3) is 5.91 Å². The molecule has 3 rings (SSSR count). The fourth-order valence-electron chi connectivity index (χ4n) is 2.69. The first kappa shape index (κ1) is 14.3. The molecule has 2 aromatic rings. The predicted molar refractivity (Wildman–Crippen MR) is 83.6 cm³/mol. The molecule has 0 atom stereocenters. The maximum Gasteiger partial charge on any atom is 0.254 e. The molecular weight excluding hydrogens is 333 g/mol. The second kappa shape index (κ2) is 5.98. The van der Waals surface area contributed by atoms with Gasteiger partial charge in [-0.05, 0) is 36.6 Å². The normalized spacial score (nSPS) is 14.8. The van der Waals surface area contributed by atoms with Gasteiger partial charge in [0.05, 0.1) is 0 Å². The average molecular weight is 348 g/mol. The van der Waals surface area contributed by atoms with E-state index in [-0.39, 0.29) is 11.7 Å². The minimum absolute atomic E-state index is 0.00887. The fourth-order valence-corrected chi connectivity index (χ4v) is 3.02. The maximum absolute atomic E-state index is 14.0. The summed E-state index contributed by atoms with van der Waals surface area (Å²) < 4.78 is 14.7. The van der Waals surface area contributed by atoms with E-state index in [9.17, 15) is 9.18 Å². The molecule has 1 heterocycles. The Labute approximate surface area is 131 Å². The molecule has 0 unspecified atom stereocenters. The van der Waals surface area contributed by atoms with E-state index in [4.69, 9.17) is 0 Å². The van der Waals surface area contributed by atoms with Crippen LogP contribution in [0.15, 0.2) is 46.9 Å². The number of carbonyl (C=O) groups excluding carboxylic acids is 1. The van der Waals surface area contributed by atoms with Crippen LogP contribution in [0.5, 0.6) is 0 Å². The molecule has 0 spiro atoms. The van der Waals surface area contributed by atoms with Gasteiger partial charge >= 0.3 is 0 Å². The predicted octanol–water partition coefficient (Wildman–Crippen LogP) is 4.18. The summed E-state index contributed by atoms with van der Waals surface area (Å²) in [4.78, 5) is 14.3. The summed E-state index contributed by atoms with van der Waals surface area (Å²) in [6.07, 6.45) is 1.79. The summed E-state index contributed by atoms with van der Waals surface area (Å²) in [6.45, 7) is 0.968. The van der Waals surface area contributed by atoms with Gasteiger partial charge in [0.2, 0.25) is 0 Å². The van der Waals surface area contributed by atoms with Crippen LogP contribution in [0.2, 0.25) is 0 Å². The smallest absolute Gasteiger partial charge is 0.254 e. The monoisotopic (exact) mass is 347 g/mol. The van der Waals surface area contributed by atoms with Gasteiger partial charge in [-0.1, -0.05) is 40.2 Å². The lowest BCUT2D eigenvalue weighted by atomic mass is 10.0. The number of fused-ring (bicyclic) bond motifs is 1. The maximum atomic E-state index is 14.0. The Balaban J connectivity index is 1.87. The molecule has 0 bridgehead atoms. The molecule has 0 radical (unpaired) electrons. The van der Waals surface area contributed by atoms with Crippen LogP contribution < -0.4 is 0 Å². The third kappa shape index (κ3) is 3.00. The van der Waals surface area contributed by atoms with Crippen molar-refractivity contribution < 1.29 is 9.18 Å². The van der Waals surface area contributed by atoms with Crippen LogP contribution in [0.1, 0.15) is 27.9 Å². The Morgan fingerprint density at radius 2 is 2.00 bits per heavy atom. The first-order valence-electron chi connectivity index (χ1n) is 6.96. The molecule has 21 heavy (non-hydrogen) atoms. The van der Waals surface area contributed by atoms with Crippen LogP contribution in [-0.4, -0.2) is 17.4 Å². The average Bonchev–Trinajstić information content (AvgIpc) is 2.63. The SMILES string of the molecule is O=C1c2ccccc2CCCN1Cc1ccc(Br)cc1F. The number of rotatable bonds is 2. The molecule has 2 nitrogen and oxygen atoms in total. The molecule has 108 valence electrons. The van der Waals surface area contributed by atoms with Crippen molar-refractivity contribution in [2.75, 3.05) is 6.54 Å². The summed E-state index contributed by atoms with van der Waals surface area (Å²) >= 11 is 3.25. The zero-order chi connectivity index (χ0) is 14.8. The molecule has 1 aliphatic heterocycles. The Kier molecular flexibility index (Phi) is 4.06. The highest BCUT2D eigenvalue weighted by Crippen LogP contribution is 2.22. The highest BCUT2D eigenvalue weighted by atomic mass is 79.9. The number of nitrogens with zero attached hydrogens (tertiary/aromatic N) is 1. The minimum atomic E-state index is -0.283. The van der Waals surface area contributed by atoms with Crippen molar-refractivity contribution in [2.45, 2.75) is 19.4 Å². The van der Waals surface area contributed by atoms with Gasteiger partial charge in [0.1, 0.15) is 5.82 Å². The van der Waals surface area contributed by atoms with Gasteiger partial charge in [0.15, 0.2) is 0 Å². The van der Waals surface area contributed by atoms with E-state index >= 15 is 0 Å². The summed E-state index contributed by atoms with van der Waals surface area (Å²) in [5.74, 6) is -0.292. The first-order chi connectivity index (χ1) is 10.1. The van der Waals surface area contributed by atoms with Crippen LogP contribution in [-0.2, 0) is 13.0 Å². The molecule has 4 heteroatoms. The molecule has 0 saturated carbocycles. The lowest BCUT2D eigenvalue weighted by Gasteiger charge is -2.21. The van der Waals surface area contributed by atoms with Crippen molar-refractivity contribution in [2.24, 2.45) is 0 Å². The molecule has 1 aliphatic rings. The number of amides is 1. The van der Waals surface area contributed by atoms with E-state index in [2.05, 4.69) is 15.9 Å². The summed E-state index contributed by atoms with van der Waals surface area (Å²) in [5, 5.41) is 0. The molecule has 0 aliphatic carbocycles. The van der Waals surface area contributed by atoms with Gasteiger partial charge in [-0.2, -0.15) is 0 Å². The van der Waals surface area contributed by atoms with Gasteiger partial charge in [-0.3, -0.25) is 4.79 Å². The molecule has 1 amide bonds. The summed E-state index contributed by atoms with van der Waals surface area (Å²) in [7, 11) is 0. The van der Waals surface area contributed by atoms with Crippen LogP contribution in [0, 0.1) is 5.82 Å². The summed E-state index contributed by atoms with van der Waals surface area (Å²) in [6, 6.07) is 12.6. The topological polar surface area (TPSA) is 20.3 Å². The van der Waals surface area contributed by atoms with Crippen molar-refractivity contribution in [1.82, 2.24) is 4.90 Å². The Morgan fingerprint density at radius 1 is 1.19 bits per heavy atom. The lowest BCUT2D eigenvalue weighted by molar-refractivity contribution is 0.0747. The van der Waals surface area contributed by atoms with Crippen molar-refractivity contribution >= 4 is 21.8 Å². The zero-order valence-corrected chi connectivity index (χ0v) is 13.1. The van der Waals surface area contributed by atoms with E-state index in [1.807, 2.05) is 24.3 Å². The number of aryl methyl sites for hydroxylation is 1. The second-order valence-electron chi connectivity index (χ2n) is 5.22. The van der Waals surface area contributed by atoms with Gasteiger partial charge in [-0.25, -0.2) is 4.39 Å². The third-order valence-corrected chi connectivity index (χ3v) is 4.28. The summed E-state index contributed by atoms with van der Waals surface area (Å²) in [5.41, 5.74) is 2.37. The molecular formula is C17H15BrFNO. The zero-order valence-electron chi connectivity index (χ0n) is 11.5. The first-order valence-corrected chi connectivity index (χ1v) is 7.75. The van der Waals surface area contributed by atoms with Crippen LogP contribution >= 0.6 is 15.9 Å². The van der Waals surface area contributed by atoms with Crippen LogP contribution in [0.4, 0.5) is 4.39 Å².